The zero-order valence-corrected chi connectivity index (χ0v) is 18.0. The summed E-state index contributed by atoms with van der Waals surface area (Å²) in [7, 11) is 0. The number of pyridine rings is 1. The van der Waals surface area contributed by atoms with E-state index in [0.717, 1.165) is 41.1 Å². The van der Waals surface area contributed by atoms with Crippen molar-refractivity contribution in [2.45, 2.75) is 38.1 Å². The summed E-state index contributed by atoms with van der Waals surface area (Å²) in [5.41, 5.74) is 5.29. The van der Waals surface area contributed by atoms with E-state index in [1.54, 1.807) is 4.90 Å². The molecule has 2 atom stereocenters. The van der Waals surface area contributed by atoms with Gasteiger partial charge in [-0.15, -0.1) is 11.6 Å². The van der Waals surface area contributed by atoms with Gasteiger partial charge >= 0.3 is 0 Å². The lowest BCUT2D eigenvalue weighted by Crippen LogP contribution is -2.56. The van der Waals surface area contributed by atoms with Crippen molar-refractivity contribution in [1.29, 1.82) is 0 Å². The highest BCUT2D eigenvalue weighted by atomic mass is 35.5. The second-order valence-electron chi connectivity index (χ2n) is 7.57. The van der Waals surface area contributed by atoms with Gasteiger partial charge in [0.05, 0.1) is 12.6 Å². The van der Waals surface area contributed by atoms with Gasteiger partial charge in [-0.2, -0.15) is 0 Å². The summed E-state index contributed by atoms with van der Waals surface area (Å²) >= 11 is 6.36. The number of amides is 1. The van der Waals surface area contributed by atoms with Crippen molar-refractivity contribution in [3.05, 3.63) is 89.2 Å². The molecule has 30 heavy (non-hydrogen) atoms. The fraction of sp³-hybridized carbons (Fsp3) is 0.280. The van der Waals surface area contributed by atoms with Gasteiger partial charge in [0, 0.05) is 24.0 Å². The molecule has 0 spiro atoms. The van der Waals surface area contributed by atoms with Crippen LogP contribution in [0.1, 0.15) is 35.3 Å². The summed E-state index contributed by atoms with van der Waals surface area (Å²) in [6.45, 7) is 4.71. The van der Waals surface area contributed by atoms with Crippen LogP contribution in [0.15, 0.2) is 66.9 Å². The first-order chi connectivity index (χ1) is 14.6. The molecule has 154 valence electrons. The number of hydrogen-bond acceptors (Lipinski definition) is 3. The highest BCUT2D eigenvalue weighted by molar-refractivity contribution is 6.37. The molecular weight excluding hydrogens is 396 g/mol. The maximum atomic E-state index is 12.4. The molecule has 4 rings (SSSR count). The average Bonchev–Trinajstić information content (AvgIpc) is 2.79. The molecule has 1 fully saturated rings. The first kappa shape index (κ1) is 20.4. The van der Waals surface area contributed by atoms with Gasteiger partial charge in [0.2, 0.25) is 5.91 Å². The molecule has 1 saturated heterocycles. The lowest BCUT2D eigenvalue weighted by atomic mass is 9.92. The van der Waals surface area contributed by atoms with Crippen LogP contribution >= 0.6 is 11.6 Å². The minimum atomic E-state index is -0.546. The highest BCUT2D eigenvalue weighted by Crippen LogP contribution is 2.42. The van der Waals surface area contributed by atoms with Gasteiger partial charge < -0.3 is 9.64 Å². The Hall–Kier alpha value is -2.85. The number of nitrogens with zero attached hydrogens (tertiary/aromatic N) is 2. The third kappa shape index (κ3) is 4.19. The zero-order valence-electron chi connectivity index (χ0n) is 17.2. The van der Waals surface area contributed by atoms with Crippen LogP contribution in [0.4, 0.5) is 5.69 Å². The van der Waals surface area contributed by atoms with E-state index in [1.807, 2.05) is 61.7 Å². The topological polar surface area (TPSA) is 42.4 Å². The Labute approximate surface area is 182 Å². The van der Waals surface area contributed by atoms with Gasteiger partial charge in [-0.25, -0.2) is 0 Å². The summed E-state index contributed by atoms with van der Waals surface area (Å²) in [4.78, 5) is 18.6. The van der Waals surface area contributed by atoms with Gasteiger partial charge in [0.1, 0.15) is 11.1 Å². The molecule has 4 nitrogen and oxygen atoms in total. The molecule has 0 radical (unpaired) electrons. The molecule has 1 amide bonds. The number of rotatable bonds is 7. The SMILES string of the molecule is CCc1ccc(CCOc2ccc(C3C(Cl)C(=O)N3c3ccc(C)cc3)cc2)nc1. The number of β-lactam (4-membered cyclic amide) rings is 1. The Morgan fingerprint density at radius 3 is 2.40 bits per heavy atom. The van der Waals surface area contributed by atoms with Gasteiger partial charge in [-0.05, 0) is 54.8 Å². The van der Waals surface area contributed by atoms with Gasteiger partial charge in [-0.1, -0.05) is 42.8 Å². The molecule has 2 aromatic carbocycles. The highest BCUT2D eigenvalue weighted by Gasteiger charge is 2.47. The molecule has 1 aliphatic heterocycles. The van der Waals surface area contributed by atoms with Crippen LogP contribution < -0.4 is 9.64 Å². The first-order valence-corrected chi connectivity index (χ1v) is 10.7. The quantitative estimate of drug-likeness (QED) is 0.386. The number of benzene rings is 2. The van der Waals surface area contributed by atoms with Crippen molar-refractivity contribution < 1.29 is 9.53 Å². The number of anilines is 1. The zero-order chi connectivity index (χ0) is 21.1. The number of carbonyl (C=O) groups is 1. The van der Waals surface area contributed by atoms with Crippen LogP contribution in [-0.2, 0) is 17.6 Å². The third-order valence-electron chi connectivity index (χ3n) is 5.48. The number of halogens is 1. The molecule has 2 unspecified atom stereocenters. The first-order valence-electron chi connectivity index (χ1n) is 10.3. The van der Waals surface area contributed by atoms with Crippen molar-refractivity contribution in [2.75, 3.05) is 11.5 Å². The Balaban J connectivity index is 1.38. The molecule has 5 heteroatoms. The minimum Gasteiger partial charge on any atom is -0.493 e. The van der Waals surface area contributed by atoms with Gasteiger partial charge in [0.15, 0.2) is 0 Å². The fourth-order valence-electron chi connectivity index (χ4n) is 3.61. The maximum absolute atomic E-state index is 12.4. The normalized spacial score (nSPS) is 18.2. The second-order valence-corrected chi connectivity index (χ2v) is 8.04. The minimum absolute atomic E-state index is 0.0626. The van der Waals surface area contributed by atoms with Crippen molar-refractivity contribution in [3.8, 4) is 5.75 Å². The van der Waals surface area contributed by atoms with E-state index in [0.29, 0.717) is 6.61 Å². The van der Waals surface area contributed by atoms with Crippen molar-refractivity contribution in [3.63, 3.8) is 0 Å². The molecule has 0 N–H and O–H groups in total. The Bertz CT molecular complexity index is 1000. The van der Waals surface area contributed by atoms with Crippen LogP contribution in [0.2, 0.25) is 0 Å². The van der Waals surface area contributed by atoms with Crippen LogP contribution in [-0.4, -0.2) is 22.9 Å². The molecular formula is C25H25ClN2O2. The van der Waals surface area contributed by atoms with Crippen molar-refractivity contribution in [2.24, 2.45) is 0 Å². The molecule has 0 bridgehead atoms. The summed E-state index contributed by atoms with van der Waals surface area (Å²) in [5.74, 6) is 0.732. The van der Waals surface area contributed by atoms with E-state index in [1.165, 1.54) is 5.56 Å². The van der Waals surface area contributed by atoms with E-state index >= 15 is 0 Å². The van der Waals surface area contributed by atoms with Crippen molar-refractivity contribution in [1.82, 2.24) is 4.98 Å². The van der Waals surface area contributed by atoms with Crippen molar-refractivity contribution >= 4 is 23.2 Å². The summed E-state index contributed by atoms with van der Waals surface area (Å²) in [6, 6.07) is 19.8. The summed E-state index contributed by atoms with van der Waals surface area (Å²) in [5, 5.41) is -0.546. The number of ether oxygens (including phenoxy) is 1. The number of hydrogen-bond donors (Lipinski definition) is 0. The Morgan fingerprint density at radius 1 is 1.03 bits per heavy atom. The number of aryl methyl sites for hydroxylation is 2. The third-order valence-corrected chi connectivity index (χ3v) is 5.91. The smallest absolute Gasteiger partial charge is 0.248 e. The summed E-state index contributed by atoms with van der Waals surface area (Å²) in [6.07, 6.45) is 3.67. The predicted molar refractivity (Wildman–Crippen MR) is 120 cm³/mol. The molecule has 2 heterocycles. The van der Waals surface area contributed by atoms with E-state index in [2.05, 4.69) is 24.0 Å². The largest absolute Gasteiger partial charge is 0.493 e. The Morgan fingerprint density at radius 2 is 1.77 bits per heavy atom. The molecule has 0 saturated carbocycles. The van der Waals surface area contributed by atoms with E-state index in [9.17, 15) is 4.79 Å². The maximum Gasteiger partial charge on any atom is 0.248 e. The van der Waals surface area contributed by atoms with E-state index in [4.69, 9.17) is 16.3 Å². The Kier molecular flexibility index (Phi) is 6.05. The van der Waals surface area contributed by atoms with Crippen LogP contribution in [0.25, 0.3) is 0 Å². The number of aromatic nitrogens is 1. The lowest BCUT2D eigenvalue weighted by molar-refractivity contribution is -0.123. The standard InChI is InChI=1S/C25H25ClN2O2/c1-3-18-6-9-20(27-16-18)14-15-30-22-12-7-19(8-13-22)24-23(26)25(29)28(24)21-10-4-17(2)5-11-21/h4-13,16,23-24H,3,14-15H2,1-2H3. The van der Waals surface area contributed by atoms with Gasteiger partial charge in [-0.3, -0.25) is 9.78 Å². The molecule has 0 aliphatic carbocycles. The molecule has 1 aromatic heterocycles. The van der Waals surface area contributed by atoms with E-state index in [-0.39, 0.29) is 11.9 Å². The van der Waals surface area contributed by atoms with Gasteiger partial charge in [0.25, 0.3) is 0 Å². The fourth-order valence-corrected chi connectivity index (χ4v) is 3.98. The molecule has 1 aliphatic rings. The lowest BCUT2D eigenvalue weighted by Gasteiger charge is -2.44. The number of carbonyl (C=O) groups excluding carboxylic acids is 1. The monoisotopic (exact) mass is 420 g/mol. The van der Waals surface area contributed by atoms with Crippen LogP contribution in [0.5, 0.6) is 5.75 Å². The average molecular weight is 421 g/mol. The second kappa shape index (κ2) is 8.88. The van der Waals surface area contributed by atoms with Crippen LogP contribution in [0.3, 0.4) is 0 Å². The summed E-state index contributed by atoms with van der Waals surface area (Å²) < 4.78 is 5.87. The number of alkyl halides is 1. The van der Waals surface area contributed by atoms with E-state index < -0.39 is 5.38 Å². The molecule has 3 aromatic rings. The van der Waals surface area contributed by atoms with Crippen LogP contribution in [0, 0.1) is 6.92 Å². The predicted octanol–water partition coefficient (Wildman–Crippen LogP) is 5.27.